The van der Waals surface area contributed by atoms with Gasteiger partial charge in [-0.25, -0.2) is 4.39 Å². The minimum absolute atomic E-state index is 0.117. The Morgan fingerprint density at radius 1 is 1.53 bits per heavy atom. The van der Waals surface area contributed by atoms with E-state index < -0.39 is 22.7 Å². The second kappa shape index (κ2) is 5.91. The molecule has 0 aromatic heterocycles. The standard InChI is InChI=1S/C12H15FO3S/c1-8-5-11(13)4-3-10(8)7-17(16)6-9(2)12(14)15/h3-5,9H,6-7H2,1-2H3,(H,14,15). The van der Waals surface area contributed by atoms with Crippen LogP contribution >= 0.6 is 0 Å². The molecule has 2 atom stereocenters. The smallest absolute Gasteiger partial charge is 0.307 e. The molecule has 1 rings (SSSR count). The van der Waals surface area contributed by atoms with Crippen LogP contribution in [0.3, 0.4) is 0 Å². The first-order chi connectivity index (χ1) is 7.90. The third kappa shape index (κ3) is 4.26. The second-order valence-electron chi connectivity index (χ2n) is 4.06. The number of carbonyl (C=O) groups is 1. The Morgan fingerprint density at radius 3 is 2.71 bits per heavy atom. The molecule has 0 amide bonds. The quantitative estimate of drug-likeness (QED) is 0.880. The molecule has 0 fully saturated rings. The van der Waals surface area contributed by atoms with Crippen LogP contribution in [0.4, 0.5) is 4.39 Å². The molecule has 0 saturated heterocycles. The zero-order valence-electron chi connectivity index (χ0n) is 9.77. The average Bonchev–Trinajstić information content (AvgIpc) is 2.22. The van der Waals surface area contributed by atoms with Gasteiger partial charge in [-0.2, -0.15) is 0 Å². The van der Waals surface area contributed by atoms with Crippen LogP contribution in [-0.2, 0) is 21.3 Å². The molecule has 0 bridgehead atoms. The number of carboxylic acids is 1. The van der Waals surface area contributed by atoms with Crippen LogP contribution in [0.5, 0.6) is 0 Å². The Kier molecular flexibility index (Phi) is 4.81. The molecule has 2 unspecified atom stereocenters. The number of hydrogen-bond acceptors (Lipinski definition) is 2. The normalized spacial score (nSPS) is 14.3. The van der Waals surface area contributed by atoms with Crippen LogP contribution in [0.2, 0.25) is 0 Å². The summed E-state index contributed by atoms with van der Waals surface area (Å²) in [6.07, 6.45) is 0. The van der Waals surface area contributed by atoms with E-state index in [0.717, 1.165) is 11.1 Å². The summed E-state index contributed by atoms with van der Waals surface area (Å²) < 4.78 is 24.6. The Morgan fingerprint density at radius 2 is 2.18 bits per heavy atom. The lowest BCUT2D eigenvalue weighted by Crippen LogP contribution is -2.18. The van der Waals surface area contributed by atoms with Gasteiger partial charge in [0.2, 0.25) is 0 Å². The first-order valence-corrected chi connectivity index (χ1v) is 6.71. The molecular weight excluding hydrogens is 243 g/mol. The second-order valence-corrected chi connectivity index (χ2v) is 5.56. The van der Waals surface area contributed by atoms with Crippen LogP contribution in [0.15, 0.2) is 18.2 Å². The van der Waals surface area contributed by atoms with Crippen LogP contribution < -0.4 is 0 Å². The van der Waals surface area contributed by atoms with Gasteiger partial charge in [0.15, 0.2) is 0 Å². The summed E-state index contributed by atoms with van der Waals surface area (Å²) in [7, 11) is -1.24. The summed E-state index contributed by atoms with van der Waals surface area (Å²) >= 11 is 0. The zero-order chi connectivity index (χ0) is 13.0. The summed E-state index contributed by atoms with van der Waals surface area (Å²) in [5, 5.41) is 8.70. The van der Waals surface area contributed by atoms with Gasteiger partial charge in [0.25, 0.3) is 0 Å². The Bertz CT molecular complexity index is 445. The van der Waals surface area contributed by atoms with Crippen molar-refractivity contribution < 1.29 is 18.5 Å². The van der Waals surface area contributed by atoms with E-state index in [9.17, 15) is 13.4 Å². The third-order valence-corrected chi connectivity index (χ3v) is 3.98. The fourth-order valence-corrected chi connectivity index (χ4v) is 2.89. The van der Waals surface area contributed by atoms with Crippen molar-refractivity contribution in [1.29, 1.82) is 0 Å². The van der Waals surface area contributed by atoms with Crippen molar-refractivity contribution in [3.63, 3.8) is 0 Å². The van der Waals surface area contributed by atoms with Gasteiger partial charge in [0.05, 0.1) is 5.92 Å². The van der Waals surface area contributed by atoms with Crippen LogP contribution in [0.25, 0.3) is 0 Å². The summed E-state index contributed by atoms with van der Waals surface area (Å²) in [5.41, 5.74) is 1.53. The highest BCUT2D eigenvalue weighted by atomic mass is 32.2. The van der Waals surface area contributed by atoms with Gasteiger partial charge in [-0.15, -0.1) is 0 Å². The van der Waals surface area contributed by atoms with Gasteiger partial charge in [-0.3, -0.25) is 9.00 Å². The average molecular weight is 258 g/mol. The van der Waals surface area contributed by atoms with Crippen LogP contribution in [0.1, 0.15) is 18.1 Å². The van der Waals surface area contributed by atoms with Crippen LogP contribution in [-0.4, -0.2) is 21.0 Å². The lowest BCUT2D eigenvalue weighted by atomic mass is 10.1. The fourth-order valence-electron chi connectivity index (χ4n) is 1.40. The summed E-state index contributed by atoms with van der Waals surface area (Å²) in [4.78, 5) is 10.6. The maximum Gasteiger partial charge on any atom is 0.307 e. The maximum absolute atomic E-state index is 12.8. The van der Waals surface area contributed by atoms with E-state index in [1.165, 1.54) is 19.1 Å². The van der Waals surface area contributed by atoms with E-state index in [2.05, 4.69) is 0 Å². The number of rotatable bonds is 5. The molecule has 17 heavy (non-hydrogen) atoms. The molecule has 3 nitrogen and oxygen atoms in total. The van der Waals surface area contributed by atoms with Crippen molar-refractivity contribution in [2.45, 2.75) is 19.6 Å². The predicted octanol–water partition coefficient (Wildman–Crippen LogP) is 2.10. The number of benzene rings is 1. The first kappa shape index (κ1) is 13.8. The van der Waals surface area contributed by atoms with Crippen molar-refractivity contribution in [2.75, 3.05) is 5.75 Å². The number of hydrogen-bond donors (Lipinski definition) is 1. The predicted molar refractivity (Wildman–Crippen MR) is 64.7 cm³/mol. The highest BCUT2D eigenvalue weighted by Gasteiger charge is 2.15. The molecular formula is C12H15FO3S. The van der Waals surface area contributed by atoms with Gasteiger partial charge in [-0.05, 0) is 30.2 Å². The Labute approximate surface area is 102 Å². The molecule has 1 aromatic carbocycles. The van der Waals surface area contributed by atoms with Crippen molar-refractivity contribution >= 4 is 16.8 Å². The molecule has 5 heteroatoms. The minimum Gasteiger partial charge on any atom is -0.481 e. The molecule has 0 aliphatic rings. The van der Waals surface area contributed by atoms with Crippen LogP contribution in [0, 0.1) is 18.7 Å². The van der Waals surface area contributed by atoms with Gasteiger partial charge in [-0.1, -0.05) is 13.0 Å². The molecule has 0 aliphatic heterocycles. The van der Waals surface area contributed by atoms with E-state index in [4.69, 9.17) is 5.11 Å². The zero-order valence-corrected chi connectivity index (χ0v) is 10.6. The van der Waals surface area contributed by atoms with Gasteiger partial charge < -0.3 is 5.11 Å². The lowest BCUT2D eigenvalue weighted by molar-refractivity contribution is -0.140. The molecule has 0 heterocycles. The number of halogens is 1. The highest BCUT2D eigenvalue weighted by molar-refractivity contribution is 7.84. The number of carboxylic acid groups (broad SMARTS) is 1. The summed E-state index contributed by atoms with van der Waals surface area (Å²) in [6.45, 7) is 3.27. The van der Waals surface area contributed by atoms with E-state index in [1.807, 2.05) is 0 Å². The van der Waals surface area contributed by atoms with Crippen molar-refractivity contribution in [3.05, 3.63) is 35.1 Å². The molecule has 0 aliphatic carbocycles. The van der Waals surface area contributed by atoms with E-state index in [-0.39, 0.29) is 17.3 Å². The number of aryl methyl sites for hydroxylation is 1. The molecule has 0 spiro atoms. The van der Waals surface area contributed by atoms with Crippen molar-refractivity contribution in [3.8, 4) is 0 Å². The minimum atomic E-state index is -1.24. The van der Waals surface area contributed by atoms with Gasteiger partial charge in [0, 0.05) is 22.3 Å². The summed E-state index contributed by atoms with van der Waals surface area (Å²) in [6, 6.07) is 4.29. The van der Waals surface area contributed by atoms with Crippen molar-refractivity contribution in [1.82, 2.24) is 0 Å². The Hall–Kier alpha value is -1.23. The lowest BCUT2D eigenvalue weighted by Gasteiger charge is -2.08. The largest absolute Gasteiger partial charge is 0.481 e. The highest BCUT2D eigenvalue weighted by Crippen LogP contribution is 2.13. The summed E-state index contributed by atoms with van der Waals surface area (Å²) in [5.74, 6) is -1.52. The monoisotopic (exact) mass is 258 g/mol. The molecule has 0 saturated carbocycles. The maximum atomic E-state index is 12.8. The SMILES string of the molecule is Cc1cc(F)ccc1CS(=O)CC(C)C(=O)O. The topological polar surface area (TPSA) is 54.4 Å². The molecule has 94 valence electrons. The Balaban J connectivity index is 2.65. The van der Waals surface area contributed by atoms with E-state index in [1.54, 1.807) is 13.0 Å². The first-order valence-electron chi connectivity index (χ1n) is 5.23. The van der Waals surface area contributed by atoms with E-state index >= 15 is 0 Å². The molecule has 0 radical (unpaired) electrons. The van der Waals surface area contributed by atoms with Gasteiger partial charge in [0.1, 0.15) is 5.82 Å². The third-order valence-electron chi connectivity index (χ3n) is 2.48. The van der Waals surface area contributed by atoms with Gasteiger partial charge >= 0.3 is 5.97 Å². The van der Waals surface area contributed by atoms with E-state index in [0.29, 0.717) is 0 Å². The number of aliphatic carboxylic acids is 1. The molecule has 1 aromatic rings. The molecule has 1 N–H and O–H groups in total. The fraction of sp³-hybridized carbons (Fsp3) is 0.417. The van der Waals surface area contributed by atoms with Crippen molar-refractivity contribution in [2.24, 2.45) is 5.92 Å².